The average Bonchev–Trinajstić information content (AvgIpc) is 2.74. The molecule has 0 radical (unpaired) electrons. The van der Waals surface area contributed by atoms with Gasteiger partial charge in [0, 0.05) is 31.3 Å². The topological polar surface area (TPSA) is 51.4 Å². The lowest BCUT2D eigenvalue weighted by molar-refractivity contribution is 0.152. The van der Waals surface area contributed by atoms with Crippen molar-refractivity contribution in [2.75, 3.05) is 31.2 Å². The monoisotopic (exact) mass is 287 g/mol. The lowest BCUT2D eigenvalue weighted by Gasteiger charge is -2.26. The van der Waals surface area contributed by atoms with Crippen LogP contribution in [0, 0.1) is 0 Å². The zero-order valence-corrected chi connectivity index (χ0v) is 12.0. The number of rotatable bonds is 2. The molecule has 0 saturated carbocycles. The van der Waals surface area contributed by atoms with E-state index in [-0.39, 0.29) is 0 Å². The third kappa shape index (κ3) is 2.46. The number of fused-ring (bicyclic) bond motifs is 1. The zero-order chi connectivity index (χ0) is 13.9. The Morgan fingerprint density at radius 3 is 2.95 bits per heavy atom. The Balaban J connectivity index is 2.18. The van der Waals surface area contributed by atoms with Crippen LogP contribution in [0.3, 0.4) is 0 Å². The first-order chi connectivity index (χ1) is 9.77. The fourth-order valence-corrected chi connectivity index (χ4v) is 2.77. The Morgan fingerprint density at radius 2 is 2.10 bits per heavy atom. The maximum absolute atomic E-state index is 5.88. The van der Waals surface area contributed by atoms with Gasteiger partial charge < -0.3 is 15.4 Å². The standard InChI is InChI=1S/C15H17N3OS/c16-15(20)12-10-17-13-5-2-1-4-11(13)14(12)18-6-3-8-19-9-7-18/h1-2,4-5,10H,3,6-9H2,(H2,16,20). The molecule has 0 atom stereocenters. The van der Waals surface area contributed by atoms with E-state index in [0.29, 0.717) is 4.99 Å². The number of hydrogen-bond donors (Lipinski definition) is 1. The van der Waals surface area contributed by atoms with Gasteiger partial charge in [-0.25, -0.2) is 0 Å². The van der Waals surface area contributed by atoms with Crippen molar-refractivity contribution in [2.24, 2.45) is 5.73 Å². The largest absolute Gasteiger partial charge is 0.389 e. The smallest absolute Gasteiger partial charge is 0.107 e. The number of nitrogens with two attached hydrogens (primary N) is 1. The van der Waals surface area contributed by atoms with Crippen LogP contribution < -0.4 is 10.6 Å². The van der Waals surface area contributed by atoms with Gasteiger partial charge in [-0.05, 0) is 12.5 Å². The van der Waals surface area contributed by atoms with Crippen molar-refractivity contribution in [3.05, 3.63) is 36.0 Å². The fourth-order valence-electron chi connectivity index (χ4n) is 2.62. The van der Waals surface area contributed by atoms with Gasteiger partial charge in [-0.15, -0.1) is 0 Å². The highest BCUT2D eigenvalue weighted by Crippen LogP contribution is 2.30. The second-order valence-corrected chi connectivity index (χ2v) is 5.29. The Hall–Kier alpha value is -1.72. The SMILES string of the molecule is NC(=S)c1cnc2ccccc2c1N1CCCOCC1. The summed E-state index contributed by atoms with van der Waals surface area (Å²) in [5, 5.41) is 1.10. The number of nitrogens with zero attached hydrogens (tertiary/aromatic N) is 2. The van der Waals surface area contributed by atoms with Crippen LogP contribution in [0.4, 0.5) is 5.69 Å². The van der Waals surface area contributed by atoms with Gasteiger partial charge in [0.15, 0.2) is 0 Å². The predicted molar refractivity (Wildman–Crippen MR) is 85.3 cm³/mol. The van der Waals surface area contributed by atoms with Crippen LogP contribution in [-0.2, 0) is 4.74 Å². The summed E-state index contributed by atoms with van der Waals surface area (Å²) in [5.74, 6) is 0. The molecule has 2 aromatic rings. The van der Waals surface area contributed by atoms with Crippen molar-refractivity contribution in [3.63, 3.8) is 0 Å². The van der Waals surface area contributed by atoms with Crippen LogP contribution in [0.25, 0.3) is 10.9 Å². The first-order valence-electron chi connectivity index (χ1n) is 6.77. The third-order valence-corrected chi connectivity index (χ3v) is 3.77. The van der Waals surface area contributed by atoms with Crippen molar-refractivity contribution in [1.29, 1.82) is 0 Å². The highest BCUT2D eigenvalue weighted by Gasteiger charge is 2.18. The lowest BCUT2D eigenvalue weighted by Crippen LogP contribution is -2.29. The van der Waals surface area contributed by atoms with E-state index in [1.54, 1.807) is 6.20 Å². The van der Waals surface area contributed by atoms with Gasteiger partial charge in [-0.1, -0.05) is 30.4 Å². The number of benzene rings is 1. The maximum Gasteiger partial charge on any atom is 0.107 e. The van der Waals surface area contributed by atoms with Gasteiger partial charge in [-0.3, -0.25) is 4.98 Å². The van der Waals surface area contributed by atoms with E-state index >= 15 is 0 Å². The summed E-state index contributed by atoms with van der Waals surface area (Å²) in [6.45, 7) is 3.34. The molecule has 1 aromatic heterocycles. The molecule has 0 aliphatic carbocycles. The predicted octanol–water partition coefficient (Wildman–Crippen LogP) is 2.10. The van der Waals surface area contributed by atoms with Crippen LogP contribution >= 0.6 is 12.2 Å². The van der Waals surface area contributed by atoms with E-state index in [4.69, 9.17) is 22.7 Å². The summed E-state index contributed by atoms with van der Waals surface area (Å²) in [7, 11) is 0. The maximum atomic E-state index is 5.88. The first-order valence-corrected chi connectivity index (χ1v) is 7.18. The van der Waals surface area contributed by atoms with Crippen molar-refractivity contribution in [3.8, 4) is 0 Å². The summed E-state index contributed by atoms with van der Waals surface area (Å²) < 4.78 is 5.54. The number of ether oxygens (including phenoxy) is 1. The first kappa shape index (κ1) is 13.3. The van der Waals surface area contributed by atoms with Crippen molar-refractivity contribution in [1.82, 2.24) is 4.98 Å². The van der Waals surface area contributed by atoms with E-state index in [9.17, 15) is 0 Å². The number of aromatic nitrogens is 1. The minimum atomic E-state index is 0.392. The van der Waals surface area contributed by atoms with Crippen molar-refractivity contribution < 1.29 is 4.74 Å². The molecule has 1 aromatic carbocycles. The van der Waals surface area contributed by atoms with Crippen molar-refractivity contribution >= 4 is 33.8 Å². The fraction of sp³-hybridized carbons (Fsp3) is 0.333. The normalized spacial score (nSPS) is 16.1. The van der Waals surface area contributed by atoms with Crippen LogP contribution in [0.1, 0.15) is 12.0 Å². The lowest BCUT2D eigenvalue weighted by atomic mass is 10.1. The second kappa shape index (κ2) is 5.73. The minimum Gasteiger partial charge on any atom is -0.389 e. The van der Waals surface area contributed by atoms with Gasteiger partial charge in [0.25, 0.3) is 0 Å². The molecule has 4 nitrogen and oxygen atoms in total. The van der Waals surface area contributed by atoms with E-state index in [2.05, 4.69) is 16.0 Å². The summed E-state index contributed by atoms with van der Waals surface area (Å²) in [6.07, 6.45) is 2.79. The quantitative estimate of drug-likeness (QED) is 0.857. The molecule has 5 heteroatoms. The molecule has 0 spiro atoms. The number of thiocarbonyl (C=S) groups is 1. The molecule has 20 heavy (non-hydrogen) atoms. The van der Waals surface area contributed by atoms with Crippen molar-refractivity contribution in [2.45, 2.75) is 6.42 Å². The number of pyridine rings is 1. The molecule has 104 valence electrons. The molecule has 0 bridgehead atoms. The molecular weight excluding hydrogens is 270 g/mol. The van der Waals surface area contributed by atoms with E-state index in [0.717, 1.165) is 54.9 Å². The summed E-state index contributed by atoms with van der Waals surface area (Å²) in [6, 6.07) is 8.10. The molecule has 2 N–H and O–H groups in total. The van der Waals surface area contributed by atoms with Gasteiger partial charge in [-0.2, -0.15) is 0 Å². The molecule has 1 aliphatic rings. The molecule has 3 rings (SSSR count). The molecule has 1 fully saturated rings. The van der Waals surface area contributed by atoms with E-state index < -0.39 is 0 Å². The summed E-state index contributed by atoms with van der Waals surface area (Å²) in [4.78, 5) is 7.16. The highest BCUT2D eigenvalue weighted by molar-refractivity contribution is 7.80. The van der Waals surface area contributed by atoms with Gasteiger partial charge in [0.2, 0.25) is 0 Å². The second-order valence-electron chi connectivity index (χ2n) is 4.85. The van der Waals surface area contributed by atoms with Crippen LogP contribution in [0.2, 0.25) is 0 Å². The number of hydrogen-bond acceptors (Lipinski definition) is 4. The molecular formula is C15H17N3OS. The summed E-state index contributed by atoms with van der Waals surface area (Å²) >= 11 is 5.20. The van der Waals surface area contributed by atoms with Gasteiger partial charge in [0.05, 0.1) is 23.4 Å². The Morgan fingerprint density at radius 1 is 1.25 bits per heavy atom. The Kier molecular flexibility index (Phi) is 3.80. The average molecular weight is 287 g/mol. The van der Waals surface area contributed by atoms with Gasteiger partial charge >= 0.3 is 0 Å². The molecule has 1 aliphatic heterocycles. The highest BCUT2D eigenvalue weighted by atomic mass is 32.1. The Labute approximate surface area is 123 Å². The number of para-hydroxylation sites is 1. The summed E-state index contributed by atoms with van der Waals surface area (Å²) in [5.41, 5.74) is 8.79. The van der Waals surface area contributed by atoms with Crippen LogP contribution in [-0.4, -0.2) is 36.3 Å². The van der Waals surface area contributed by atoms with E-state index in [1.165, 1.54) is 0 Å². The zero-order valence-electron chi connectivity index (χ0n) is 11.2. The third-order valence-electron chi connectivity index (χ3n) is 3.55. The van der Waals surface area contributed by atoms with Gasteiger partial charge in [0.1, 0.15) is 4.99 Å². The molecule has 1 saturated heterocycles. The minimum absolute atomic E-state index is 0.392. The van der Waals surface area contributed by atoms with Crippen LogP contribution in [0.5, 0.6) is 0 Å². The number of anilines is 1. The molecule has 0 amide bonds. The molecule has 0 unspecified atom stereocenters. The Bertz CT molecular complexity index is 636. The van der Waals surface area contributed by atoms with Crippen LogP contribution in [0.15, 0.2) is 30.5 Å². The molecule has 2 heterocycles. The van der Waals surface area contributed by atoms with E-state index in [1.807, 2.05) is 18.2 Å².